The molecule has 3 saturated carbocycles. The first-order valence-corrected chi connectivity index (χ1v) is 15.7. The zero-order valence-corrected chi connectivity index (χ0v) is 24.7. The van der Waals surface area contributed by atoms with Gasteiger partial charge in [-0.1, -0.05) is 6.07 Å². The highest BCUT2D eigenvalue weighted by molar-refractivity contribution is 6.01. The Morgan fingerprint density at radius 2 is 1.79 bits per heavy atom. The second-order valence-corrected chi connectivity index (χ2v) is 13.9. The van der Waals surface area contributed by atoms with Gasteiger partial charge in [0, 0.05) is 49.3 Å². The first-order chi connectivity index (χ1) is 20.5. The van der Waals surface area contributed by atoms with Crippen molar-refractivity contribution in [1.82, 2.24) is 25.3 Å². The van der Waals surface area contributed by atoms with E-state index >= 15 is 0 Å². The molecule has 4 amide bonds. The molecule has 1 aromatic carbocycles. The Hall–Kier alpha value is -3.50. The number of aryl methyl sites for hydroxylation is 1. The molecular weight excluding hydrogens is 554 g/mol. The highest BCUT2D eigenvalue weighted by atomic mass is 19.3. The van der Waals surface area contributed by atoms with Crippen molar-refractivity contribution in [3.8, 4) is 0 Å². The average Bonchev–Trinajstić information content (AvgIpc) is 3.87. The number of carbonyl (C=O) groups is 3. The lowest BCUT2D eigenvalue weighted by atomic mass is 9.64. The summed E-state index contributed by atoms with van der Waals surface area (Å²) in [5, 5.41) is 13.3. The summed E-state index contributed by atoms with van der Waals surface area (Å²) in [6.45, 7) is 4.55. The number of anilines is 1. The summed E-state index contributed by atoms with van der Waals surface area (Å²) in [5.74, 6) is -2.19. The zero-order chi connectivity index (χ0) is 30.1. The molecule has 43 heavy (non-hydrogen) atoms. The van der Waals surface area contributed by atoms with Crippen molar-refractivity contribution in [2.75, 3.05) is 18.4 Å². The zero-order valence-electron chi connectivity index (χ0n) is 24.7. The molecule has 2 aromatic rings. The lowest BCUT2D eigenvalue weighted by Crippen LogP contribution is -2.64. The highest BCUT2D eigenvalue weighted by Crippen LogP contribution is 2.54. The number of hydrogen-bond donors (Lipinski definition) is 3. The van der Waals surface area contributed by atoms with E-state index in [1.54, 1.807) is 21.8 Å². The Morgan fingerprint density at radius 3 is 2.44 bits per heavy atom. The number of nitrogens with one attached hydrogen (secondary N) is 3. The van der Waals surface area contributed by atoms with Crippen LogP contribution in [0.4, 0.5) is 19.3 Å². The average molecular weight is 595 g/mol. The van der Waals surface area contributed by atoms with Gasteiger partial charge in [0.25, 0.3) is 5.91 Å². The number of urea groups is 1. The number of fused-ring (bicyclic) bond motifs is 1. The maximum atomic E-state index is 13.9. The first-order valence-electron chi connectivity index (χ1n) is 15.7. The minimum atomic E-state index is -2.65. The van der Waals surface area contributed by atoms with Gasteiger partial charge in [-0.05, 0) is 99.5 Å². The normalized spacial score (nSPS) is 24.5. The maximum Gasteiger partial charge on any atom is 0.317 e. The summed E-state index contributed by atoms with van der Waals surface area (Å²) in [6, 6.07) is 6.40. The van der Waals surface area contributed by atoms with Crippen molar-refractivity contribution >= 4 is 23.5 Å². The van der Waals surface area contributed by atoms with Crippen LogP contribution in [0.3, 0.4) is 0 Å². The lowest BCUT2D eigenvalue weighted by Gasteiger charge is -2.53. The predicted octanol–water partition coefficient (Wildman–Crippen LogP) is 5.07. The largest absolute Gasteiger partial charge is 0.339 e. The molecule has 5 aliphatic rings. The number of amides is 4. The van der Waals surface area contributed by atoms with Gasteiger partial charge in [-0.15, -0.1) is 0 Å². The number of rotatable bonds is 9. The number of alkyl halides is 2. The van der Waals surface area contributed by atoms with Gasteiger partial charge in [-0.25, -0.2) is 13.6 Å². The quantitative estimate of drug-likeness (QED) is 0.377. The number of nitrogens with zero attached hydrogens (tertiary/aromatic N) is 3. The Bertz CT molecular complexity index is 1430. The smallest absolute Gasteiger partial charge is 0.317 e. The molecule has 0 unspecified atom stereocenters. The number of hydrogen-bond acceptors (Lipinski definition) is 4. The number of halogens is 2. The molecule has 0 bridgehead atoms. The molecule has 7 rings (SSSR count). The van der Waals surface area contributed by atoms with Gasteiger partial charge in [0.1, 0.15) is 11.7 Å². The van der Waals surface area contributed by atoms with Crippen molar-refractivity contribution in [2.45, 2.75) is 89.3 Å². The van der Waals surface area contributed by atoms with E-state index in [4.69, 9.17) is 0 Å². The molecule has 4 fully saturated rings. The maximum absolute atomic E-state index is 13.9. The van der Waals surface area contributed by atoms with Crippen LogP contribution in [0.15, 0.2) is 30.5 Å². The third-order valence-corrected chi connectivity index (χ3v) is 10.2. The minimum Gasteiger partial charge on any atom is -0.339 e. The van der Waals surface area contributed by atoms with Crippen LogP contribution in [0.5, 0.6) is 0 Å². The summed E-state index contributed by atoms with van der Waals surface area (Å²) in [7, 11) is 0. The van der Waals surface area contributed by atoms with Crippen molar-refractivity contribution < 1.29 is 23.2 Å². The van der Waals surface area contributed by atoms with Gasteiger partial charge < -0.3 is 20.9 Å². The Labute approximate surface area is 250 Å². The fraction of sp³-hybridized carbons (Fsp3) is 0.625. The van der Waals surface area contributed by atoms with Crippen molar-refractivity contribution in [3.05, 3.63) is 47.3 Å². The van der Waals surface area contributed by atoms with Crippen LogP contribution in [-0.4, -0.2) is 57.6 Å². The fourth-order valence-electron chi connectivity index (χ4n) is 7.95. The van der Waals surface area contributed by atoms with Crippen molar-refractivity contribution in [1.29, 1.82) is 0 Å². The Morgan fingerprint density at radius 1 is 1.07 bits per heavy atom. The molecule has 11 heteroatoms. The molecule has 1 aliphatic heterocycles. The van der Waals surface area contributed by atoms with E-state index in [9.17, 15) is 23.2 Å². The highest BCUT2D eigenvalue weighted by Gasteiger charge is 2.59. The van der Waals surface area contributed by atoms with E-state index < -0.39 is 17.4 Å². The molecule has 1 spiro atoms. The molecule has 3 N–H and O–H groups in total. The van der Waals surface area contributed by atoms with Crippen LogP contribution in [0.1, 0.15) is 92.5 Å². The van der Waals surface area contributed by atoms with Gasteiger partial charge in [0.2, 0.25) is 11.8 Å². The predicted molar refractivity (Wildman–Crippen MR) is 156 cm³/mol. The molecule has 0 radical (unpaired) electrons. The molecule has 2 atom stereocenters. The van der Waals surface area contributed by atoms with Gasteiger partial charge in [-0.3, -0.25) is 14.3 Å². The Balaban J connectivity index is 1.08. The summed E-state index contributed by atoms with van der Waals surface area (Å²) < 4.78 is 29.2. The van der Waals surface area contributed by atoms with Crippen LogP contribution < -0.4 is 16.0 Å². The van der Waals surface area contributed by atoms with E-state index in [-0.39, 0.29) is 48.7 Å². The second-order valence-electron chi connectivity index (χ2n) is 13.9. The molecule has 9 nitrogen and oxygen atoms in total. The number of benzene rings is 1. The summed E-state index contributed by atoms with van der Waals surface area (Å²) in [5.41, 5.74) is 2.56. The standard InChI is InChI=1S/C32H40F2N6O3/c1-18(2)40-25(11-12-36-40)28(41)38-27(26(19-3-4-19)20-5-6-20)29(42)37-22-8-9-23-21(13-22)7-10-24(23)39-17-31(16-35-30(39)43)14-32(33,34)15-31/h8-9,11-13,18-20,24,26-27H,3-7,10,14-17H2,1-2H3,(H,35,43)(H,37,42)(H,38,41)/t24-,27+/m1/s1. The fourth-order valence-corrected chi connectivity index (χ4v) is 7.95. The number of aromatic nitrogens is 2. The first kappa shape index (κ1) is 28.3. The Kier molecular flexibility index (Phi) is 6.77. The topological polar surface area (TPSA) is 108 Å². The van der Waals surface area contributed by atoms with Gasteiger partial charge in [0.15, 0.2) is 0 Å². The molecule has 2 heterocycles. The lowest BCUT2D eigenvalue weighted by molar-refractivity contribution is -0.170. The van der Waals surface area contributed by atoms with Crippen LogP contribution in [-0.2, 0) is 11.2 Å². The third-order valence-electron chi connectivity index (χ3n) is 10.2. The van der Waals surface area contributed by atoms with Gasteiger partial charge in [-0.2, -0.15) is 5.10 Å². The van der Waals surface area contributed by atoms with Crippen LogP contribution in [0.2, 0.25) is 0 Å². The van der Waals surface area contributed by atoms with E-state index in [0.717, 1.165) is 43.2 Å². The van der Waals surface area contributed by atoms with E-state index in [1.165, 1.54) is 0 Å². The molecule has 4 aliphatic carbocycles. The van der Waals surface area contributed by atoms with Crippen LogP contribution >= 0.6 is 0 Å². The van der Waals surface area contributed by atoms with E-state index in [2.05, 4.69) is 21.0 Å². The van der Waals surface area contributed by atoms with Crippen molar-refractivity contribution in [3.63, 3.8) is 0 Å². The monoisotopic (exact) mass is 594 g/mol. The van der Waals surface area contributed by atoms with Gasteiger partial charge >= 0.3 is 6.03 Å². The van der Waals surface area contributed by atoms with E-state index in [0.29, 0.717) is 42.7 Å². The second kappa shape index (κ2) is 10.3. The summed E-state index contributed by atoms with van der Waals surface area (Å²) in [4.78, 5) is 41.9. The third kappa shape index (κ3) is 5.40. The van der Waals surface area contributed by atoms with Crippen LogP contribution in [0.25, 0.3) is 0 Å². The van der Waals surface area contributed by atoms with Crippen molar-refractivity contribution in [2.24, 2.45) is 23.2 Å². The summed E-state index contributed by atoms with van der Waals surface area (Å²) >= 11 is 0. The molecule has 230 valence electrons. The number of carbonyl (C=O) groups excluding carboxylic acids is 3. The minimum absolute atomic E-state index is 0.0112. The van der Waals surface area contributed by atoms with Crippen LogP contribution in [0, 0.1) is 23.2 Å². The summed E-state index contributed by atoms with van der Waals surface area (Å²) in [6.07, 6.45) is 6.96. The van der Waals surface area contributed by atoms with Gasteiger partial charge in [0.05, 0.1) is 6.04 Å². The molecular formula is C32H40F2N6O3. The van der Waals surface area contributed by atoms with E-state index in [1.807, 2.05) is 32.0 Å². The SMILES string of the molecule is CC(C)n1nccc1C(=O)N[C@H](C(=O)Nc1ccc2c(c1)CC[C@H]2N1CC2(CNC1=O)CC(F)(F)C2)C(C1CC1)C1CC1. The molecule has 1 saturated heterocycles. The molecule has 1 aromatic heterocycles.